The van der Waals surface area contributed by atoms with Crippen LogP contribution in [0.25, 0.3) is 0 Å². The normalized spacial score (nSPS) is 31.0. The van der Waals surface area contributed by atoms with Gasteiger partial charge in [-0.1, -0.05) is 286 Å². The molecule has 548 valence electrons. The molecule has 1 unspecified atom stereocenters. The van der Waals surface area contributed by atoms with Crippen LogP contribution in [0.4, 0.5) is 0 Å². The molecule has 4 aromatic carbocycles. The van der Waals surface area contributed by atoms with Crippen molar-refractivity contribution in [2.24, 2.45) is 76.9 Å². The van der Waals surface area contributed by atoms with Crippen molar-refractivity contribution < 1.29 is 0 Å². The molecule has 0 aromatic heterocycles. The van der Waals surface area contributed by atoms with Crippen molar-refractivity contribution in [3.05, 3.63) is 142 Å². The molecule has 0 bridgehead atoms. The van der Waals surface area contributed by atoms with Crippen molar-refractivity contribution in [2.75, 3.05) is 0 Å². The summed E-state index contributed by atoms with van der Waals surface area (Å²) >= 11 is 0. The Balaban J connectivity index is 0.000000153. The summed E-state index contributed by atoms with van der Waals surface area (Å²) in [5, 5.41) is 0. The highest BCUT2D eigenvalue weighted by molar-refractivity contribution is 5.29. The van der Waals surface area contributed by atoms with Crippen LogP contribution >= 0.6 is 0 Å². The van der Waals surface area contributed by atoms with E-state index < -0.39 is 0 Å². The minimum atomic E-state index is 0.809. The summed E-state index contributed by atoms with van der Waals surface area (Å²) < 4.78 is 0. The summed E-state index contributed by atoms with van der Waals surface area (Å²) in [6, 6.07) is 38.3. The lowest BCUT2D eigenvalue weighted by Gasteiger charge is -2.38. The van der Waals surface area contributed by atoms with Crippen LogP contribution in [0, 0.1) is 83.9 Å². The van der Waals surface area contributed by atoms with Gasteiger partial charge in [-0.2, -0.15) is 0 Å². The van der Waals surface area contributed by atoms with Crippen molar-refractivity contribution in [1.82, 2.24) is 0 Å². The molecule has 0 heteroatoms. The fourth-order valence-electron chi connectivity index (χ4n) is 22.2. The van der Waals surface area contributed by atoms with Crippen LogP contribution in [0.15, 0.2) is 97.1 Å². The number of aryl methyl sites for hydroxylation is 3. The Morgan fingerprint density at radius 2 is 0.500 bits per heavy atom. The molecule has 8 saturated carbocycles. The average Bonchev–Trinajstić information content (AvgIpc) is 0.870. The summed E-state index contributed by atoms with van der Waals surface area (Å²) in [5.41, 5.74) is 12.4. The zero-order valence-corrected chi connectivity index (χ0v) is 66.0. The Kier molecular flexibility index (Phi) is 35.4. The van der Waals surface area contributed by atoms with Gasteiger partial charge < -0.3 is 0 Å². The number of unbranched alkanes of at least 4 members (excludes halogenated alkanes) is 2. The van der Waals surface area contributed by atoms with Crippen LogP contribution in [0.2, 0.25) is 0 Å². The Morgan fingerprint density at radius 3 is 0.745 bits per heavy atom. The van der Waals surface area contributed by atoms with Crippen LogP contribution in [-0.2, 0) is 19.3 Å². The topological polar surface area (TPSA) is 0 Å². The Bertz CT molecular complexity index is 2610. The molecule has 1 atom stereocenters. The Hall–Kier alpha value is -3.12. The highest BCUT2D eigenvalue weighted by Crippen LogP contribution is 2.49. The predicted octanol–water partition coefficient (Wildman–Crippen LogP) is 30.8. The van der Waals surface area contributed by atoms with Gasteiger partial charge in [0.05, 0.1) is 0 Å². The Morgan fingerprint density at radius 1 is 0.255 bits per heavy atom. The fourth-order valence-corrected chi connectivity index (χ4v) is 22.2. The molecule has 8 aliphatic rings. The van der Waals surface area contributed by atoms with Gasteiger partial charge in [0.15, 0.2) is 0 Å². The number of hydrogen-bond donors (Lipinski definition) is 0. The van der Waals surface area contributed by atoms with Crippen molar-refractivity contribution >= 4 is 0 Å². The summed E-state index contributed by atoms with van der Waals surface area (Å²) in [5.74, 6) is 16.8. The third-order valence-electron chi connectivity index (χ3n) is 28.9. The van der Waals surface area contributed by atoms with E-state index in [1.807, 2.05) is 0 Å². The van der Waals surface area contributed by atoms with E-state index in [1.165, 1.54) is 325 Å². The number of hydrogen-bond acceptors (Lipinski definition) is 0. The van der Waals surface area contributed by atoms with Gasteiger partial charge >= 0.3 is 0 Å². The SMILES string of the molecule is CCCC1CCC(C2CCC(c3ccc(C)cc3)CC2)CC1.CCCC1CCC(C2CCC(c3ccc(CC(C)CC)cc3)CC2)CC1.CCCCCc1ccc(C2CCC(C3CCC(CCC)CC3)CC2)cc1.CCCc1ccc(C2CCC(C3CCC(CCC)CC3)CC2)cc1. The minimum absolute atomic E-state index is 0.809. The van der Waals surface area contributed by atoms with Gasteiger partial charge in [-0.05, 0) is 326 Å². The van der Waals surface area contributed by atoms with Crippen molar-refractivity contribution in [2.45, 2.75) is 394 Å². The standard InChI is InChI=1S/2C26H42.C24H38.C22H34/c1-4-6-21-7-11-23(12-8-21)25-15-17-26(18-16-25)24-13-9-22(10-14-24)19-20(3)5-2;1-3-5-6-8-22-11-15-24(16-12-22)26-19-17-25(18-20-26)23-13-9-21(7-4-2)10-14-23;1-3-5-19-7-11-21(12-8-19)23-15-17-24(18-16-23)22-13-9-20(6-4-2)10-14-22;1-3-4-18-7-11-20(12-8-18)22-15-13-21(14-16-22)19-9-5-17(2)6-10-19/h9-10,13-14,20-21,23,25-26H,4-8,11-12,15-19H2,1-3H3;11-12,15-16,21,23,25-26H,3-10,13-14,17-20H2,1-2H3;7-8,11-12,20,22-24H,3-6,9-10,13-18H2,1-2H3;5-6,9-10,18,20-22H,3-4,7-8,11-16H2,1-2H3. The summed E-state index contributed by atoms with van der Waals surface area (Å²) in [6.07, 6.45) is 69.6. The summed E-state index contributed by atoms with van der Waals surface area (Å²) in [6.45, 7) is 20.8. The second-order valence-electron chi connectivity index (χ2n) is 35.8. The smallest absolute Gasteiger partial charge is 0.0162 e. The summed E-state index contributed by atoms with van der Waals surface area (Å²) in [7, 11) is 0. The van der Waals surface area contributed by atoms with Crippen LogP contribution in [0.5, 0.6) is 0 Å². The first-order valence-corrected chi connectivity index (χ1v) is 44.4. The van der Waals surface area contributed by atoms with Gasteiger partial charge in [-0.25, -0.2) is 0 Å². The van der Waals surface area contributed by atoms with Gasteiger partial charge in [0.2, 0.25) is 0 Å². The molecule has 8 aliphatic carbocycles. The molecule has 0 heterocycles. The third-order valence-corrected chi connectivity index (χ3v) is 28.9. The van der Waals surface area contributed by atoms with E-state index in [9.17, 15) is 0 Å². The highest BCUT2D eigenvalue weighted by atomic mass is 14.4. The van der Waals surface area contributed by atoms with Gasteiger partial charge in [-0.15, -0.1) is 0 Å². The van der Waals surface area contributed by atoms with E-state index in [0.717, 1.165) is 101 Å². The lowest BCUT2D eigenvalue weighted by Crippen LogP contribution is -2.25. The fraction of sp³-hybridized carbons (Fsp3) is 0.755. The molecule has 0 amide bonds. The van der Waals surface area contributed by atoms with E-state index in [4.69, 9.17) is 0 Å². The molecule has 0 spiro atoms. The maximum absolute atomic E-state index is 2.45. The van der Waals surface area contributed by atoms with E-state index in [-0.39, 0.29) is 0 Å². The van der Waals surface area contributed by atoms with E-state index in [1.54, 1.807) is 27.8 Å². The molecule has 98 heavy (non-hydrogen) atoms. The van der Waals surface area contributed by atoms with E-state index >= 15 is 0 Å². The van der Waals surface area contributed by atoms with E-state index in [0.29, 0.717) is 0 Å². The Labute approximate surface area is 609 Å². The molecule has 0 saturated heterocycles. The van der Waals surface area contributed by atoms with Crippen LogP contribution in [0.3, 0.4) is 0 Å². The first-order valence-electron chi connectivity index (χ1n) is 44.4. The lowest BCUT2D eigenvalue weighted by atomic mass is 9.68. The van der Waals surface area contributed by atoms with Gasteiger partial charge in [0.25, 0.3) is 0 Å². The minimum Gasteiger partial charge on any atom is -0.0654 e. The molecule has 0 nitrogen and oxygen atoms in total. The molecule has 8 fully saturated rings. The molecule has 4 aromatic rings. The monoisotopic (exact) mass is 1330 g/mol. The van der Waals surface area contributed by atoms with E-state index in [2.05, 4.69) is 159 Å². The quantitative estimate of drug-likeness (QED) is 0.0580. The van der Waals surface area contributed by atoms with Gasteiger partial charge in [-0.3, -0.25) is 0 Å². The third kappa shape index (κ3) is 25.6. The first-order chi connectivity index (χ1) is 48.0. The molecule has 0 aliphatic heterocycles. The van der Waals surface area contributed by atoms with Crippen molar-refractivity contribution in [3.63, 3.8) is 0 Å². The molecule has 0 radical (unpaired) electrons. The lowest BCUT2D eigenvalue weighted by molar-refractivity contribution is 0.156. The maximum Gasteiger partial charge on any atom is -0.0162 e. The molecular weight excluding hydrogens is 1180 g/mol. The molecule has 12 rings (SSSR count). The summed E-state index contributed by atoms with van der Waals surface area (Å²) in [4.78, 5) is 0. The predicted molar refractivity (Wildman–Crippen MR) is 431 cm³/mol. The molecule has 0 N–H and O–H groups in total. The zero-order chi connectivity index (χ0) is 68.7. The van der Waals surface area contributed by atoms with Crippen molar-refractivity contribution in [3.8, 4) is 0 Å². The highest BCUT2D eigenvalue weighted by Gasteiger charge is 2.36. The van der Waals surface area contributed by atoms with Crippen molar-refractivity contribution in [1.29, 1.82) is 0 Å². The largest absolute Gasteiger partial charge is 0.0654 e. The van der Waals surface area contributed by atoms with Crippen LogP contribution < -0.4 is 0 Å². The number of benzene rings is 4. The first kappa shape index (κ1) is 79.0. The molecular formula is C98H156. The second kappa shape index (κ2) is 43.9. The van der Waals surface area contributed by atoms with Gasteiger partial charge in [0, 0.05) is 0 Å². The zero-order valence-electron chi connectivity index (χ0n) is 66.0. The van der Waals surface area contributed by atoms with Crippen LogP contribution in [0.1, 0.15) is 413 Å². The van der Waals surface area contributed by atoms with Crippen LogP contribution in [-0.4, -0.2) is 0 Å². The second-order valence-corrected chi connectivity index (χ2v) is 35.8. The maximum atomic E-state index is 2.45. The van der Waals surface area contributed by atoms with Gasteiger partial charge in [0.1, 0.15) is 0 Å². The average molecular weight is 1330 g/mol. The number of rotatable bonds is 25.